The lowest BCUT2D eigenvalue weighted by molar-refractivity contribution is 0.0907. The van der Waals surface area contributed by atoms with E-state index in [9.17, 15) is 4.79 Å². The van der Waals surface area contributed by atoms with Gasteiger partial charge in [-0.05, 0) is 29.8 Å². The number of amides is 1. The molecule has 7 heteroatoms. The second kappa shape index (κ2) is 6.41. The SMILES string of the molecule is O=C(NCc1ccc(Cl)cc1)c1nc(-c2cccc3[nH]ccc23)no1. The van der Waals surface area contributed by atoms with E-state index in [1.807, 2.05) is 42.6 Å². The first-order valence-electron chi connectivity index (χ1n) is 7.63. The van der Waals surface area contributed by atoms with Crippen LogP contribution in [0.2, 0.25) is 5.02 Å². The molecule has 2 aromatic heterocycles. The van der Waals surface area contributed by atoms with Gasteiger partial charge in [-0.3, -0.25) is 4.79 Å². The van der Waals surface area contributed by atoms with E-state index in [1.165, 1.54) is 0 Å². The van der Waals surface area contributed by atoms with Crippen molar-refractivity contribution in [3.63, 3.8) is 0 Å². The van der Waals surface area contributed by atoms with Crippen LogP contribution in [0.25, 0.3) is 22.3 Å². The summed E-state index contributed by atoms with van der Waals surface area (Å²) in [7, 11) is 0. The topological polar surface area (TPSA) is 83.8 Å². The largest absolute Gasteiger partial charge is 0.361 e. The van der Waals surface area contributed by atoms with Crippen LogP contribution in [0, 0.1) is 0 Å². The van der Waals surface area contributed by atoms with Crippen LogP contribution >= 0.6 is 11.6 Å². The Morgan fingerprint density at radius 3 is 2.84 bits per heavy atom. The van der Waals surface area contributed by atoms with Crippen LogP contribution in [0.3, 0.4) is 0 Å². The quantitative estimate of drug-likeness (QED) is 0.585. The first kappa shape index (κ1) is 15.4. The molecule has 4 rings (SSSR count). The summed E-state index contributed by atoms with van der Waals surface area (Å²) in [5.74, 6) is -0.117. The van der Waals surface area contributed by atoms with E-state index in [0.29, 0.717) is 17.4 Å². The molecule has 0 radical (unpaired) electrons. The highest BCUT2D eigenvalue weighted by molar-refractivity contribution is 6.30. The summed E-state index contributed by atoms with van der Waals surface area (Å²) in [5, 5.41) is 8.29. The molecule has 0 unspecified atom stereocenters. The number of H-pyrrole nitrogens is 1. The molecule has 6 nitrogen and oxygen atoms in total. The zero-order chi connectivity index (χ0) is 17.2. The number of aromatic nitrogens is 3. The minimum atomic E-state index is -0.421. The van der Waals surface area contributed by atoms with Gasteiger partial charge in [0.15, 0.2) is 0 Å². The van der Waals surface area contributed by atoms with Gasteiger partial charge in [0.1, 0.15) is 0 Å². The van der Waals surface area contributed by atoms with Gasteiger partial charge >= 0.3 is 11.8 Å². The predicted octanol–water partition coefficient (Wildman–Crippen LogP) is 3.80. The van der Waals surface area contributed by atoms with Crippen molar-refractivity contribution in [1.82, 2.24) is 20.4 Å². The van der Waals surface area contributed by atoms with Crippen molar-refractivity contribution in [3.8, 4) is 11.4 Å². The van der Waals surface area contributed by atoms with Crippen LogP contribution in [-0.4, -0.2) is 21.0 Å². The third-order valence-electron chi connectivity index (χ3n) is 3.82. The normalized spacial score (nSPS) is 10.9. The van der Waals surface area contributed by atoms with Gasteiger partial charge in [-0.1, -0.05) is 41.0 Å². The number of carbonyl (C=O) groups excluding carboxylic acids is 1. The summed E-state index contributed by atoms with van der Waals surface area (Å²) < 4.78 is 5.11. The smallest absolute Gasteiger partial charge is 0.316 e. The standard InChI is InChI=1S/C18H13ClN4O2/c19-12-6-4-11(5-7-12)10-21-17(24)18-22-16(23-25-18)14-2-1-3-15-13(14)8-9-20-15/h1-9,20H,10H2,(H,21,24). The van der Waals surface area contributed by atoms with Gasteiger partial charge < -0.3 is 14.8 Å². The van der Waals surface area contributed by atoms with Gasteiger partial charge in [-0.25, -0.2) is 0 Å². The van der Waals surface area contributed by atoms with E-state index in [0.717, 1.165) is 22.0 Å². The Balaban J connectivity index is 1.51. The molecular formula is C18H13ClN4O2. The lowest BCUT2D eigenvalue weighted by atomic mass is 10.1. The number of aromatic amines is 1. The first-order chi connectivity index (χ1) is 12.2. The van der Waals surface area contributed by atoms with Crippen molar-refractivity contribution in [1.29, 1.82) is 0 Å². The summed E-state index contributed by atoms with van der Waals surface area (Å²) >= 11 is 5.84. The summed E-state index contributed by atoms with van der Waals surface area (Å²) in [6.45, 7) is 0.348. The second-order valence-electron chi connectivity index (χ2n) is 5.48. The zero-order valence-corrected chi connectivity index (χ0v) is 13.7. The zero-order valence-electron chi connectivity index (χ0n) is 13.0. The fourth-order valence-corrected chi connectivity index (χ4v) is 2.69. The fourth-order valence-electron chi connectivity index (χ4n) is 2.57. The lowest BCUT2D eigenvalue weighted by Gasteiger charge is -2.02. The molecule has 4 aromatic rings. The number of halogens is 1. The summed E-state index contributed by atoms with van der Waals surface area (Å²) in [4.78, 5) is 19.5. The van der Waals surface area contributed by atoms with Crippen molar-refractivity contribution in [2.45, 2.75) is 6.54 Å². The molecule has 25 heavy (non-hydrogen) atoms. The Morgan fingerprint density at radius 1 is 1.16 bits per heavy atom. The Morgan fingerprint density at radius 2 is 2.00 bits per heavy atom. The van der Waals surface area contributed by atoms with E-state index in [4.69, 9.17) is 16.1 Å². The Bertz CT molecular complexity index is 1040. The Kier molecular flexibility index (Phi) is 3.95. The number of hydrogen-bond acceptors (Lipinski definition) is 4. The second-order valence-corrected chi connectivity index (χ2v) is 5.91. The molecule has 0 saturated heterocycles. The number of nitrogens with one attached hydrogen (secondary N) is 2. The first-order valence-corrected chi connectivity index (χ1v) is 8.01. The molecule has 1 amide bonds. The van der Waals surface area contributed by atoms with Crippen molar-refractivity contribution in [2.24, 2.45) is 0 Å². The van der Waals surface area contributed by atoms with Crippen molar-refractivity contribution >= 4 is 28.4 Å². The summed E-state index contributed by atoms with van der Waals surface area (Å²) in [6.07, 6.45) is 1.84. The highest BCUT2D eigenvalue weighted by Crippen LogP contribution is 2.25. The minimum absolute atomic E-state index is 0.0727. The molecule has 0 aliphatic carbocycles. The molecule has 0 atom stereocenters. The molecule has 0 fully saturated rings. The number of nitrogens with zero attached hydrogens (tertiary/aromatic N) is 2. The van der Waals surface area contributed by atoms with E-state index in [1.54, 1.807) is 12.1 Å². The highest BCUT2D eigenvalue weighted by atomic mass is 35.5. The van der Waals surface area contributed by atoms with Crippen LogP contribution in [0.15, 0.2) is 59.3 Å². The number of hydrogen-bond donors (Lipinski definition) is 2. The number of fused-ring (bicyclic) bond motifs is 1. The van der Waals surface area contributed by atoms with E-state index in [-0.39, 0.29) is 5.89 Å². The fraction of sp³-hybridized carbons (Fsp3) is 0.0556. The van der Waals surface area contributed by atoms with Crippen LogP contribution in [-0.2, 0) is 6.54 Å². The van der Waals surface area contributed by atoms with E-state index < -0.39 is 5.91 Å². The summed E-state index contributed by atoms with van der Waals surface area (Å²) in [6, 6.07) is 14.9. The molecule has 2 N–H and O–H groups in total. The molecule has 0 spiro atoms. The average molecular weight is 353 g/mol. The van der Waals surface area contributed by atoms with Crippen LogP contribution < -0.4 is 5.32 Å². The molecule has 2 heterocycles. The molecule has 0 saturated carbocycles. The molecule has 2 aromatic carbocycles. The lowest BCUT2D eigenvalue weighted by Crippen LogP contribution is -2.23. The minimum Gasteiger partial charge on any atom is -0.361 e. The Hall–Kier alpha value is -3.12. The van der Waals surface area contributed by atoms with Gasteiger partial charge in [-0.15, -0.1) is 0 Å². The van der Waals surface area contributed by atoms with Crippen molar-refractivity contribution in [2.75, 3.05) is 0 Å². The van der Waals surface area contributed by atoms with Gasteiger partial charge in [0.2, 0.25) is 5.82 Å². The predicted molar refractivity (Wildman–Crippen MR) is 94.2 cm³/mol. The van der Waals surface area contributed by atoms with Gasteiger partial charge in [0.25, 0.3) is 0 Å². The maximum absolute atomic E-state index is 12.2. The maximum Gasteiger partial charge on any atom is 0.316 e. The monoisotopic (exact) mass is 352 g/mol. The third kappa shape index (κ3) is 3.12. The van der Waals surface area contributed by atoms with Crippen LogP contribution in [0.4, 0.5) is 0 Å². The van der Waals surface area contributed by atoms with Crippen LogP contribution in [0.1, 0.15) is 16.2 Å². The third-order valence-corrected chi connectivity index (χ3v) is 4.07. The molecule has 0 aliphatic rings. The summed E-state index contributed by atoms with van der Waals surface area (Å²) in [5.41, 5.74) is 2.70. The van der Waals surface area contributed by atoms with Crippen molar-refractivity contribution in [3.05, 3.63) is 71.2 Å². The van der Waals surface area contributed by atoms with Gasteiger partial charge in [-0.2, -0.15) is 4.98 Å². The highest BCUT2D eigenvalue weighted by Gasteiger charge is 2.17. The number of rotatable bonds is 4. The Labute approximate surface area is 147 Å². The van der Waals surface area contributed by atoms with Gasteiger partial charge in [0, 0.05) is 34.2 Å². The number of benzene rings is 2. The molecule has 0 bridgehead atoms. The van der Waals surface area contributed by atoms with E-state index >= 15 is 0 Å². The van der Waals surface area contributed by atoms with Gasteiger partial charge in [0.05, 0.1) is 0 Å². The molecular weight excluding hydrogens is 340 g/mol. The average Bonchev–Trinajstić information content (AvgIpc) is 3.30. The maximum atomic E-state index is 12.2. The molecule has 124 valence electrons. The van der Waals surface area contributed by atoms with E-state index in [2.05, 4.69) is 20.4 Å². The molecule has 0 aliphatic heterocycles. The van der Waals surface area contributed by atoms with Crippen molar-refractivity contribution < 1.29 is 9.32 Å². The van der Waals surface area contributed by atoms with Crippen LogP contribution in [0.5, 0.6) is 0 Å². The number of carbonyl (C=O) groups is 1.